The van der Waals surface area contributed by atoms with Gasteiger partial charge < -0.3 is 15.2 Å². The fourth-order valence-corrected chi connectivity index (χ4v) is 5.71. The van der Waals surface area contributed by atoms with Gasteiger partial charge in [0.25, 0.3) is 0 Å². The molecule has 1 atom stereocenters. The Labute approximate surface area is 167 Å². The summed E-state index contributed by atoms with van der Waals surface area (Å²) in [5.74, 6) is 1.03. The average molecular weight is 385 g/mol. The molecule has 3 saturated carbocycles. The summed E-state index contributed by atoms with van der Waals surface area (Å²) >= 11 is 0. The lowest BCUT2D eigenvalue weighted by atomic mass is 9.35. The third-order valence-corrected chi connectivity index (χ3v) is 7.04. The van der Waals surface area contributed by atoms with Crippen LogP contribution in [0.2, 0.25) is 0 Å². The summed E-state index contributed by atoms with van der Waals surface area (Å²) in [4.78, 5) is 4.83. The van der Waals surface area contributed by atoms with Crippen molar-refractivity contribution in [2.24, 2.45) is 26.7 Å². The molecule has 6 aliphatic rings. The summed E-state index contributed by atoms with van der Waals surface area (Å²) in [7, 11) is 0. The molecule has 0 spiro atoms. The van der Waals surface area contributed by atoms with Crippen molar-refractivity contribution < 1.29 is 9.47 Å². The molecule has 6 heteroatoms. The highest BCUT2D eigenvalue weighted by molar-refractivity contribution is 6.00. The van der Waals surface area contributed by atoms with Crippen molar-refractivity contribution in [3.05, 3.63) is 23.7 Å². The van der Waals surface area contributed by atoms with Gasteiger partial charge >= 0.3 is 0 Å². The Morgan fingerprint density at radius 2 is 2.07 bits per heavy atom. The van der Waals surface area contributed by atoms with Crippen LogP contribution >= 0.6 is 0 Å². The second kappa shape index (κ2) is 7.30. The number of aliphatic imine (C=N–C) groups is 1. The predicted octanol–water partition coefficient (Wildman–Crippen LogP) is 3.70. The fraction of sp³-hybridized carbons (Fsp3) is 0.727. The maximum Gasteiger partial charge on any atom is 0.150 e. The molecule has 0 radical (unpaired) electrons. The van der Waals surface area contributed by atoms with E-state index in [2.05, 4.69) is 16.2 Å². The quantitative estimate of drug-likeness (QED) is 0.758. The smallest absolute Gasteiger partial charge is 0.150 e. The van der Waals surface area contributed by atoms with Crippen molar-refractivity contribution in [3.63, 3.8) is 0 Å². The molecule has 0 aromatic rings. The number of allylic oxidation sites excluding steroid dienone is 3. The molecule has 4 fully saturated rings. The Balaban J connectivity index is 1.23. The zero-order chi connectivity index (χ0) is 19.0. The first-order valence-electron chi connectivity index (χ1n) is 10.9. The maximum absolute atomic E-state index is 6.20. The van der Waals surface area contributed by atoms with E-state index >= 15 is 0 Å². The standard InChI is InChI=1S/C22H32N4O2/c23-15-21-12-22(13-21,14-21)16-28-17-5-3-6-18(24-11-17)19-7-4-9-25-26(19)20-8-1-2-10-27-20/h7,9,11,20H,1-6,8,10,12-16,23H2. The number of hydrogen-bond acceptors (Lipinski definition) is 6. The molecule has 1 unspecified atom stereocenters. The third kappa shape index (κ3) is 3.30. The monoisotopic (exact) mass is 384 g/mol. The molecule has 3 heterocycles. The highest BCUT2D eigenvalue weighted by Crippen LogP contribution is 2.72. The van der Waals surface area contributed by atoms with Gasteiger partial charge in [0, 0.05) is 31.1 Å². The molecule has 6 nitrogen and oxygen atoms in total. The van der Waals surface area contributed by atoms with Gasteiger partial charge in [0.2, 0.25) is 0 Å². The van der Waals surface area contributed by atoms with Crippen LogP contribution in [0.15, 0.2) is 33.8 Å². The van der Waals surface area contributed by atoms with E-state index in [0.717, 1.165) is 75.5 Å². The van der Waals surface area contributed by atoms with E-state index in [1.165, 1.54) is 25.7 Å². The normalized spacial score (nSPS) is 37.1. The van der Waals surface area contributed by atoms with E-state index in [1.54, 1.807) is 0 Å². The van der Waals surface area contributed by atoms with Crippen LogP contribution in [0.3, 0.4) is 0 Å². The Hall–Kier alpha value is -1.66. The van der Waals surface area contributed by atoms with Crippen LogP contribution < -0.4 is 5.73 Å². The molecule has 2 N–H and O–H groups in total. The fourth-order valence-electron chi connectivity index (χ4n) is 5.71. The van der Waals surface area contributed by atoms with Crippen molar-refractivity contribution in [2.45, 2.75) is 70.4 Å². The van der Waals surface area contributed by atoms with E-state index in [4.69, 9.17) is 20.2 Å². The van der Waals surface area contributed by atoms with Crippen LogP contribution in [0.5, 0.6) is 0 Å². The lowest BCUT2D eigenvalue weighted by Crippen LogP contribution is -2.66. The van der Waals surface area contributed by atoms with Crippen molar-refractivity contribution in [1.29, 1.82) is 0 Å². The van der Waals surface area contributed by atoms with Gasteiger partial charge in [-0.05, 0) is 63.3 Å². The van der Waals surface area contributed by atoms with Crippen LogP contribution in [0.25, 0.3) is 0 Å². The minimum Gasteiger partial charge on any atom is -0.496 e. The first-order chi connectivity index (χ1) is 13.7. The molecule has 28 heavy (non-hydrogen) atoms. The zero-order valence-electron chi connectivity index (χ0n) is 16.7. The lowest BCUT2D eigenvalue weighted by Gasteiger charge is -2.70. The molecule has 6 rings (SSSR count). The van der Waals surface area contributed by atoms with Gasteiger partial charge in [-0.3, -0.25) is 4.99 Å². The van der Waals surface area contributed by atoms with Crippen LogP contribution in [-0.4, -0.2) is 42.9 Å². The molecular weight excluding hydrogens is 352 g/mol. The largest absolute Gasteiger partial charge is 0.496 e. The molecule has 0 aromatic carbocycles. The number of rotatable bonds is 6. The minimum atomic E-state index is 0.0429. The molecule has 3 aliphatic carbocycles. The summed E-state index contributed by atoms with van der Waals surface area (Å²) in [6.07, 6.45) is 17.1. The van der Waals surface area contributed by atoms with Gasteiger partial charge in [-0.2, -0.15) is 5.10 Å². The summed E-state index contributed by atoms with van der Waals surface area (Å²) < 4.78 is 12.2. The van der Waals surface area contributed by atoms with E-state index in [-0.39, 0.29) is 6.23 Å². The number of ether oxygens (including phenoxy) is 2. The highest BCUT2D eigenvalue weighted by Gasteiger charge is 2.67. The summed E-state index contributed by atoms with van der Waals surface area (Å²) in [5, 5.41) is 6.69. The summed E-state index contributed by atoms with van der Waals surface area (Å²) in [6, 6.07) is 0. The van der Waals surface area contributed by atoms with Gasteiger partial charge in [-0.25, -0.2) is 5.01 Å². The molecule has 2 bridgehead atoms. The van der Waals surface area contributed by atoms with Gasteiger partial charge in [-0.15, -0.1) is 0 Å². The van der Waals surface area contributed by atoms with E-state index in [9.17, 15) is 0 Å². The SMILES string of the molecule is NCC12CC(COC3=CN=C(C4=CCC=NN4C4CCCCO4)CCC3)(C1)C2. The van der Waals surface area contributed by atoms with Gasteiger partial charge in [0.15, 0.2) is 6.23 Å². The molecule has 0 aromatic heterocycles. The number of hydrogen-bond donors (Lipinski definition) is 1. The molecular formula is C22H32N4O2. The zero-order valence-corrected chi connectivity index (χ0v) is 16.7. The molecule has 1 saturated heterocycles. The average Bonchev–Trinajstić information content (AvgIpc) is 2.93. The Morgan fingerprint density at radius 3 is 2.86 bits per heavy atom. The highest BCUT2D eigenvalue weighted by atomic mass is 16.5. The molecule has 3 aliphatic heterocycles. The third-order valence-electron chi connectivity index (χ3n) is 7.04. The molecule has 152 valence electrons. The second-order valence-corrected chi connectivity index (χ2v) is 9.34. The van der Waals surface area contributed by atoms with Crippen LogP contribution in [-0.2, 0) is 9.47 Å². The Kier molecular flexibility index (Phi) is 4.79. The first-order valence-corrected chi connectivity index (χ1v) is 10.9. The van der Waals surface area contributed by atoms with Crippen LogP contribution in [0, 0.1) is 10.8 Å². The number of hydrazone groups is 1. The first kappa shape index (κ1) is 18.4. The van der Waals surface area contributed by atoms with Crippen molar-refractivity contribution in [1.82, 2.24) is 5.01 Å². The Bertz CT molecular complexity index is 713. The van der Waals surface area contributed by atoms with Crippen molar-refractivity contribution in [3.8, 4) is 0 Å². The predicted molar refractivity (Wildman–Crippen MR) is 110 cm³/mol. The Morgan fingerprint density at radius 1 is 1.18 bits per heavy atom. The van der Waals surface area contributed by atoms with Crippen LogP contribution in [0.1, 0.15) is 64.2 Å². The minimum absolute atomic E-state index is 0.0429. The maximum atomic E-state index is 6.20. The van der Waals surface area contributed by atoms with E-state index < -0.39 is 0 Å². The second-order valence-electron chi connectivity index (χ2n) is 9.34. The van der Waals surface area contributed by atoms with Gasteiger partial charge in [0.05, 0.1) is 24.2 Å². The van der Waals surface area contributed by atoms with Crippen LogP contribution in [0.4, 0.5) is 0 Å². The van der Waals surface area contributed by atoms with Gasteiger partial charge in [0.1, 0.15) is 5.76 Å². The topological polar surface area (TPSA) is 72.4 Å². The number of nitrogens with zero attached hydrogens (tertiary/aromatic N) is 3. The van der Waals surface area contributed by atoms with E-state index in [0.29, 0.717) is 10.8 Å². The summed E-state index contributed by atoms with van der Waals surface area (Å²) in [5.41, 5.74) is 8.98. The van der Waals surface area contributed by atoms with Gasteiger partial charge in [-0.1, -0.05) is 6.08 Å². The van der Waals surface area contributed by atoms with Crippen molar-refractivity contribution in [2.75, 3.05) is 19.8 Å². The lowest BCUT2D eigenvalue weighted by molar-refractivity contribution is -0.219. The number of nitrogens with two attached hydrogens (primary N) is 1. The van der Waals surface area contributed by atoms with Crippen molar-refractivity contribution >= 4 is 11.9 Å². The summed E-state index contributed by atoms with van der Waals surface area (Å²) in [6.45, 7) is 2.49. The van der Waals surface area contributed by atoms with E-state index in [1.807, 2.05) is 12.4 Å². The molecule has 0 amide bonds.